The maximum Gasteiger partial charge on any atom is 0.277 e. The van der Waals surface area contributed by atoms with Crippen LogP contribution in [0, 0.1) is 6.92 Å². The largest absolute Gasteiger partial charge is 0.484 e. The summed E-state index contributed by atoms with van der Waals surface area (Å²) in [5.74, 6) is 1.05. The Labute approximate surface area is 172 Å². The normalized spacial score (nSPS) is 10.7. The highest BCUT2D eigenvalue weighted by atomic mass is 35.5. The third-order valence-electron chi connectivity index (χ3n) is 3.96. The van der Waals surface area contributed by atoms with E-state index in [2.05, 4.69) is 22.4 Å². The van der Waals surface area contributed by atoms with Crippen LogP contribution in [0.2, 0.25) is 5.02 Å². The first-order valence-corrected chi connectivity index (χ1v) is 10.1. The van der Waals surface area contributed by atoms with Crippen LogP contribution in [0.1, 0.15) is 23.9 Å². The van der Waals surface area contributed by atoms with Gasteiger partial charge < -0.3 is 14.5 Å². The Morgan fingerprint density at radius 1 is 1.21 bits per heavy atom. The molecule has 0 unspecified atom stereocenters. The van der Waals surface area contributed by atoms with E-state index in [4.69, 9.17) is 20.8 Å². The van der Waals surface area contributed by atoms with Crippen LogP contribution in [0.15, 0.2) is 52.1 Å². The van der Waals surface area contributed by atoms with Crippen LogP contribution in [-0.2, 0) is 17.8 Å². The van der Waals surface area contributed by atoms with E-state index in [1.165, 1.54) is 11.8 Å². The third kappa shape index (κ3) is 5.50. The van der Waals surface area contributed by atoms with Gasteiger partial charge in [0.15, 0.2) is 6.61 Å². The summed E-state index contributed by atoms with van der Waals surface area (Å²) in [6.45, 7) is 4.18. The summed E-state index contributed by atoms with van der Waals surface area (Å²) >= 11 is 7.02. The Bertz CT molecular complexity index is 944. The topological polar surface area (TPSA) is 77.2 Å². The van der Waals surface area contributed by atoms with Crippen molar-refractivity contribution in [3.63, 3.8) is 0 Å². The number of nitrogens with zero attached hydrogens (tertiary/aromatic N) is 2. The van der Waals surface area contributed by atoms with Gasteiger partial charge in [-0.3, -0.25) is 4.79 Å². The predicted octanol–water partition coefficient (Wildman–Crippen LogP) is 4.90. The first-order chi connectivity index (χ1) is 13.5. The second kappa shape index (κ2) is 9.61. The number of carbonyl (C=O) groups is 1. The van der Waals surface area contributed by atoms with Crippen molar-refractivity contribution in [2.24, 2.45) is 0 Å². The summed E-state index contributed by atoms with van der Waals surface area (Å²) in [6.07, 6.45) is 0.852. The van der Waals surface area contributed by atoms with Crippen LogP contribution in [-0.4, -0.2) is 21.9 Å². The van der Waals surface area contributed by atoms with Crippen molar-refractivity contribution in [3.8, 4) is 5.75 Å². The standard InChI is InChI=1S/C20H20ClN3O3S/c1-3-14-6-4-5-13(2)19(14)22-17(25)12-28-20-24-23-18(27-20)11-26-16-9-7-15(21)8-10-16/h4-10H,3,11-12H2,1-2H3,(H,22,25). The fraction of sp³-hybridized carbons (Fsp3) is 0.250. The molecule has 2 aromatic carbocycles. The van der Waals surface area contributed by atoms with Gasteiger partial charge in [0.2, 0.25) is 5.91 Å². The van der Waals surface area contributed by atoms with E-state index in [0.29, 0.717) is 21.9 Å². The fourth-order valence-electron chi connectivity index (χ4n) is 2.54. The van der Waals surface area contributed by atoms with Gasteiger partial charge in [-0.05, 0) is 48.7 Å². The molecule has 1 amide bonds. The van der Waals surface area contributed by atoms with E-state index in [1.807, 2.05) is 25.1 Å². The van der Waals surface area contributed by atoms with Crippen LogP contribution in [0.4, 0.5) is 5.69 Å². The monoisotopic (exact) mass is 417 g/mol. The maximum atomic E-state index is 12.3. The fourth-order valence-corrected chi connectivity index (χ4v) is 3.24. The smallest absolute Gasteiger partial charge is 0.277 e. The number of thioether (sulfide) groups is 1. The van der Waals surface area contributed by atoms with Gasteiger partial charge in [0.25, 0.3) is 11.1 Å². The number of amides is 1. The molecule has 28 heavy (non-hydrogen) atoms. The number of nitrogens with one attached hydrogen (secondary N) is 1. The summed E-state index contributed by atoms with van der Waals surface area (Å²) in [6, 6.07) is 13.0. The van der Waals surface area contributed by atoms with Gasteiger partial charge in [0.1, 0.15) is 5.75 Å². The first kappa shape index (κ1) is 20.2. The Morgan fingerprint density at radius 2 is 2.00 bits per heavy atom. The number of aromatic nitrogens is 2. The number of rotatable bonds is 8. The molecule has 1 N–H and O–H groups in total. The number of benzene rings is 2. The van der Waals surface area contributed by atoms with E-state index in [9.17, 15) is 4.79 Å². The van der Waals surface area contributed by atoms with E-state index in [1.54, 1.807) is 24.3 Å². The number of para-hydroxylation sites is 1. The lowest BCUT2D eigenvalue weighted by Gasteiger charge is -2.12. The molecular weight excluding hydrogens is 398 g/mol. The molecule has 8 heteroatoms. The predicted molar refractivity (Wildman–Crippen MR) is 110 cm³/mol. The SMILES string of the molecule is CCc1cccc(C)c1NC(=O)CSc1nnc(COc2ccc(Cl)cc2)o1. The number of halogens is 1. The minimum atomic E-state index is -0.119. The molecule has 0 fully saturated rings. The highest BCUT2D eigenvalue weighted by molar-refractivity contribution is 7.99. The Balaban J connectivity index is 1.50. The first-order valence-electron chi connectivity index (χ1n) is 8.77. The van der Waals surface area contributed by atoms with Gasteiger partial charge in [-0.25, -0.2) is 0 Å². The summed E-state index contributed by atoms with van der Waals surface area (Å²) in [4.78, 5) is 12.3. The van der Waals surface area contributed by atoms with Crippen molar-refractivity contribution < 1.29 is 13.9 Å². The van der Waals surface area contributed by atoms with Gasteiger partial charge in [-0.15, -0.1) is 10.2 Å². The highest BCUT2D eigenvalue weighted by Crippen LogP contribution is 2.23. The summed E-state index contributed by atoms with van der Waals surface area (Å²) in [7, 11) is 0. The zero-order chi connectivity index (χ0) is 19.9. The number of aryl methyl sites for hydroxylation is 2. The number of ether oxygens (including phenoxy) is 1. The molecule has 0 bridgehead atoms. The molecule has 0 atom stereocenters. The average molecular weight is 418 g/mol. The number of anilines is 1. The van der Waals surface area contributed by atoms with Crippen LogP contribution in [0.3, 0.4) is 0 Å². The number of hydrogen-bond acceptors (Lipinski definition) is 6. The van der Waals surface area contributed by atoms with Crippen molar-refractivity contribution >= 4 is 35.0 Å². The van der Waals surface area contributed by atoms with Crippen molar-refractivity contribution in [1.29, 1.82) is 0 Å². The van der Waals surface area contributed by atoms with Gasteiger partial charge >= 0.3 is 0 Å². The summed E-state index contributed by atoms with van der Waals surface area (Å²) in [5.41, 5.74) is 3.02. The molecule has 0 saturated heterocycles. The van der Waals surface area contributed by atoms with Gasteiger partial charge in [-0.2, -0.15) is 0 Å². The van der Waals surface area contributed by atoms with Crippen molar-refractivity contribution in [1.82, 2.24) is 10.2 Å². The van der Waals surface area contributed by atoms with Crippen LogP contribution >= 0.6 is 23.4 Å². The lowest BCUT2D eigenvalue weighted by atomic mass is 10.1. The molecular formula is C20H20ClN3O3S. The summed E-state index contributed by atoms with van der Waals surface area (Å²) in [5, 5.41) is 11.8. The molecule has 0 radical (unpaired) electrons. The highest BCUT2D eigenvalue weighted by Gasteiger charge is 2.12. The average Bonchev–Trinajstić information content (AvgIpc) is 3.15. The van der Waals surface area contributed by atoms with Crippen LogP contribution in [0.5, 0.6) is 5.75 Å². The summed E-state index contributed by atoms with van der Waals surface area (Å²) < 4.78 is 11.1. The van der Waals surface area contributed by atoms with E-state index in [0.717, 1.165) is 23.2 Å². The molecule has 3 rings (SSSR count). The Kier molecular flexibility index (Phi) is 6.95. The minimum Gasteiger partial charge on any atom is -0.484 e. The molecule has 0 aliphatic heterocycles. The molecule has 3 aromatic rings. The molecule has 0 aliphatic carbocycles. The lowest BCUT2D eigenvalue weighted by molar-refractivity contribution is -0.113. The second-order valence-electron chi connectivity index (χ2n) is 6.00. The quantitative estimate of drug-likeness (QED) is 0.525. The third-order valence-corrected chi connectivity index (χ3v) is 5.03. The number of carbonyl (C=O) groups excluding carboxylic acids is 1. The zero-order valence-corrected chi connectivity index (χ0v) is 17.1. The lowest BCUT2D eigenvalue weighted by Crippen LogP contribution is -2.16. The van der Waals surface area contributed by atoms with E-state index < -0.39 is 0 Å². The van der Waals surface area contributed by atoms with Crippen LogP contribution in [0.25, 0.3) is 0 Å². The molecule has 0 aliphatic rings. The van der Waals surface area contributed by atoms with Gasteiger partial charge in [0, 0.05) is 10.7 Å². The maximum absolute atomic E-state index is 12.3. The second-order valence-corrected chi connectivity index (χ2v) is 7.37. The van der Waals surface area contributed by atoms with Crippen molar-refractivity contribution in [2.45, 2.75) is 32.1 Å². The molecule has 146 valence electrons. The molecule has 0 saturated carbocycles. The van der Waals surface area contributed by atoms with Gasteiger partial charge in [0.05, 0.1) is 5.75 Å². The van der Waals surface area contributed by atoms with E-state index in [-0.39, 0.29) is 18.3 Å². The van der Waals surface area contributed by atoms with Crippen molar-refractivity contribution in [2.75, 3.05) is 11.1 Å². The molecule has 1 aromatic heterocycles. The Hall–Kier alpha value is -2.51. The Morgan fingerprint density at radius 3 is 2.75 bits per heavy atom. The molecule has 0 spiro atoms. The van der Waals surface area contributed by atoms with E-state index >= 15 is 0 Å². The zero-order valence-electron chi connectivity index (χ0n) is 15.6. The van der Waals surface area contributed by atoms with Gasteiger partial charge in [-0.1, -0.05) is 48.5 Å². The van der Waals surface area contributed by atoms with Crippen molar-refractivity contribution in [3.05, 3.63) is 64.5 Å². The minimum absolute atomic E-state index is 0.119. The number of hydrogen-bond donors (Lipinski definition) is 1. The molecule has 1 heterocycles. The molecule has 6 nitrogen and oxygen atoms in total. The van der Waals surface area contributed by atoms with Crippen LogP contribution < -0.4 is 10.1 Å².